The Kier molecular flexibility index (Phi) is 4.97. The average molecular weight is 255 g/mol. The van der Waals surface area contributed by atoms with E-state index in [0.717, 1.165) is 39.3 Å². The first-order valence-electron chi connectivity index (χ1n) is 7.02. The Labute approximate surface area is 109 Å². The first-order valence-corrected chi connectivity index (χ1v) is 7.02. The third kappa shape index (κ3) is 4.55. The highest BCUT2D eigenvalue weighted by Gasteiger charge is 2.29. The molecule has 5 nitrogen and oxygen atoms in total. The van der Waals surface area contributed by atoms with Gasteiger partial charge in [0.1, 0.15) is 0 Å². The van der Waals surface area contributed by atoms with Gasteiger partial charge in [-0.15, -0.1) is 0 Å². The summed E-state index contributed by atoms with van der Waals surface area (Å²) in [5.41, 5.74) is 0. The molecule has 104 valence electrons. The van der Waals surface area contributed by atoms with Gasteiger partial charge in [0.2, 0.25) is 0 Å². The topological polar surface area (TPSA) is 47.0 Å². The minimum Gasteiger partial charge on any atom is -0.481 e. The zero-order valence-electron chi connectivity index (χ0n) is 11.3. The number of hydrogen-bond acceptors (Lipinski definition) is 4. The second kappa shape index (κ2) is 6.50. The number of piperazine rings is 1. The number of rotatable bonds is 7. The Balaban J connectivity index is 1.67. The van der Waals surface area contributed by atoms with E-state index in [1.54, 1.807) is 0 Å². The van der Waals surface area contributed by atoms with E-state index in [4.69, 9.17) is 5.11 Å². The molecule has 18 heavy (non-hydrogen) atoms. The van der Waals surface area contributed by atoms with Gasteiger partial charge in [-0.25, -0.2) is 0 Å². The molecule has 0 aromatic carbocycles. The first-order chi connectivity index (χ1) is 8.65. The van der Waals surface area contributed by atoms with Crippen LogP contribution in [0, 0.1) is 0 Å². The molecule has 1 saturated carbocycles. The van der Waals surface area contributed by atoms with Crippen LogP contribution in [0.25, 0.3) is 0 Å². The highest BCUT2D eigenvalue weighted by Crippen LogP contribution is 2.26. The van der Waals surface area contributed by atoms with Crippen molar-refractivity contribution in [3.63, 3.8) is 0 Å². The number of aliphatic carboxylic acids is 1. The van der Waals surface area contributed by atoms with Crippen molar-refractivity contribution in [2.45, 2.75) is 25.3 Å². The molecule has 1 aliphatic carbocycles. The maximum absolute atomic E-state index is 10.6. The monoisotopic (exact) mass is 255 g/mol. The maximum atomic E-state index is 10.6. The maximum Gasteiger partial charge on any atom is 0.304 e. The largest absolute Gasteiger partial charge is 0.481 e. The van der Waals surface area contributed by atoms with Crippen molar-refractivity contribution in [1.29, 1.82) is 0 Å². The predicted octanol–water partition coefficient (Wildman–Crippen LogP) is 0.173. The summed E-state index contributed by atoms with van der Waals surface area (Å²) in [4.78, 5) is 17.9. The standard InChI is InChI=1S/C13H25N3O2/c1-14-6-8-15(9-7-14)10-11-16(12-2-3-12)5-4-13(17)18/h12H,2-11H2,1H3,(H,17,18). The van der Waals surface area contributed by atoms with Crippen LogP contribution < -0.4 is 0 Å². The zero-order valence-corrected chi connectivity index (χ0v) is 11.3. The summed E-state index contributed by atoms with van der Waals surface area (Å²) in [5, 5.41) is 8.77. The molecule has 1 aliphatic heterocycles. The average Bonchev–Trinajstić information content (AvgIpc) is 3.15. The smallest absolute Gasteiger partial charge is 0.304 e. The molecule has 0 unspecified atom stereocenters. The van der Waals surface area contributed by atoms with E-state index in [1.807, 2.05) is 0 Å². The number of hydrogen-bond donors (Lipinski definition) is 1. The summed E-state index contributed by atoms with van der Waals surface area (Å²) >= 11 is 0. The molecule has 2 rings (SSSR count). The number of carboxylic acid groups (broad SMARTS) is 1. The molecular weight excluding hydrogens is 230 g/mol. The van der Waals surface area contributed by atoms with Gasteiger partial charge < -0.3 is 10.0 Å². The lowest BCUT2D eigenvalue weighted by molar-refractivity contribution is -0.137. The van der Waals surface area contributed by atoms with Gasteiger partial charge in [0.15, 0.2) is 0 Å². The molecule has 2 aliphatic rings. The quantitative estimate of drug-likeness (QED) is 0.703. The van der Waals surface area contributed by atoms with E-state index in [2.05, 4.69) is 21.7 Å². The molecule has 0 aromatic rings. The van der Waals surface area contributed by atoms with Gasteiger partial charge in [0, 0.05) is 51.9 Å². The van der Waals surface area contributed by atoms with Crippen LogP contribution in [0.2, 0.25) is 0 Å². The second-order valence-corrected chi connectivity index (χ2v) is 5.56. The van der Waals surface area contributed by atoms with Crippen LogP contribution in [0.4, 0.5) is 0 Å². The molecule has 0 aromatic heterocycles. The van der Waals surface area contributed by atoms with E-state index < -0.39 is 5.97 Å². The van der Waals surface area contributed by atoms with Gasteiger partial charge in [0.05, 0.1) is 6.42 Å². The van der Waals surface area contributed by atoms with Gasteiger partial charge in [0.25, 0.3) is 0 Å². The second-order valence-electron chi connectivity index (χ2n) is 5.56. The molecule has 5 heteroatoms. The summed E-state index contributed by atoms with van der Waals surface area (Å²) in [7, 11) is 2.17. The third-order valence-corrected chi connectivity index (χ3v) is 3.98. The molecule has 0 atom stereocenters. The van der Waals surface area contributed by atoms with Crippen molar-refractivity contribution in [3.8, 4) is 0 Å². The van der Waals surface area contributed by atoms with Crippen molar-refractivity contribution in [2.24, 2.45) is 0 Å². The SMILES string of the molecule is CN1CCN(CCN(CCC(=O)O)C2CC2)CC1. The van der Waals surface area contributed by atoms with Gasteiger partial charge in [-0.3, -0.25) is 14.6 Å². The Morgan fingerprint density at radius 1 is 1.22 bits per heavy atom. The Bertz CT molecular complexity index is 273. The van der Waals surface area contributed by atoms with Gasteiger partial charge in [-0.2, -0.15) is 0 Å². The van der Waals surface area contributed by atoms with Gasteiger partial charge in [-0.05, 0) is 19.9 Å². The van der Waals surface area contributed by atoms with Crippen molar-refractivity contribution < 1.29 is 9.90 Å². The fourth-order valence-electron chi connectivity index (χ4n) is 2.50. The van der Waals surface area contributed by atoms with E-state index in [9.17, 15) is 4.79 Å². The van der Waals surface area contributed by atoms with Crippen LogP contribution in [0.1, 0.15) is 19.3 Å². The third-order valence-electron chi connectivity index (χ3n) is 3.98. The molecule has 1 saturated heterocycles. The molecular formula is C13H25N3O2. The summed E-state index contributed by atoms with van der Waals surface area (Å²) in [5.74, 6) is -0.680. The van der Waals surface area contributed by atoms with E-state index in [0.29, 0.717) is 12.6 Å². The molecule has 0 bridgehead atoms. The molecule has 2 fully saturated rings. The van der Waals surface area contributed by atoms with Crippen LogP contribution in [0.3, 0.4) is 0 Å². The van der Waals surface area contributed by atoms with Crippen molar-refractivity contribution in [2.75, 3.05) is 52.9 Å². The summed E-state index contributed by atoms with van der Waals surface area (Å²) in [6.45, 7) is 7.43. The van der Waals surface area contributed by atoms with E-state index in [-0.39, 0.29) is 6.42 Å². The van der Waals surface area contributed by atoms with E-state index in [1.165, 1.54) is 12.8 Å². The normalized spacial score (nSPS) is 22.6. The number of likely N-dealkylation sites (N-methyl/N-ethyl adjacent to an activating group) is 1. The number of carboxylic acids is 1. The fraction of sp³-hybridized carbons (Fsp3) is 0.923. The zero-order chi connectivity index (χ0) is 13.0. The molecule has 1 N–H and O–H groups in total. The molecule has 0 radical (unpaired) electrons. The van der Waals surface area contributed by atoms with E-state index >= 15 is 0 Å². The lowest BCUT2D eigenvalue weighted by atomic mass is 10.3. The lowest BCUT2D eigenvalue weighted by Gasteiger charge is -2.34. The minimum absolute atomic E-state index is 0.277. The van der Waals surface area contributed by atoms with Crippen molar-refractivity contribution in [1.82, 2.24) is 14.7 Å². The van der Waals surface area contributed by atoms with Crippen molar-refractivity contribution >= 4 is 5.97 Å². The summed E-state index contributed by atoms with van der Waals surface area (Å²) < 4.78 is 0. The molecule has 0 spiro atoms. The Morgan fingerprint density at radius 3 is 2.44 bits per heavy atom. The first kappa shape index (κ1) is 13.8. The van der Waals surface area contributed by atoms with Crippen LogP contribution in [-0.4, -0.2) is 84.7 Å². The Morgan fingerprint density at radius 2 is 1.89 bits per heavy atom. The van der Waals surface area contributed by atoms with Crippen LogP contribution in [0.15, 0.2) is 0 Å². The minimum atomic E-state index is -0.680. The lowest BCUT2D eigenvalue weighted by Crippen LogP contribution is -2.47. The van der Waals surface area contributed by atoms with Crippen molar-refractivity contribution in [3.05, 3.63) is 0 Å². The van der Waals surface area contributed by atoms with Gasteiger partial charge >= 0.3 is 5.97 Å². The Hall–Kier alpha value is -0.650. The van der Waals surface area contributed by atoms with Crippen LogP contribution in [0.5, 0.6) is 0 Å². The highest BCUT2D eigenvalue weighted by atomic mass is 16.4. The predicted molar refractivity (Wildman–Crippen MR) is 70.8 cm³/mol. The molecule has 0 amide bonds. The number of carbonyl (C=O) groups is 1. The number of nitrogens with zero attached hydrogens (tertiary/aromatic N) is 3. The van der Waals surface area contributed by atoms with Gasteiger partial charge in [-0.1, -0.05) is 0 Å². The summed E-state index contributed by atoms with van der Waals surface area (Å²) in [6.07, 6.45) is 2.78. The van der Waals surface area contributed by atoms with Crippen LogP contribution >= 0.6 is 0 Å². The van der Waals surface area contributed by atoms with Crippen LogP contribution in [-0.2, 0) is 4.79 Å². The highest BCUT2D eigenvalue weighted by molar-refractivity contribution is 5.66. The molecule has 1 heterocycles. The fourth-order valence-corrected chi connectivity index (χ4v) is 2.50. The summed E-state index contributed by atoms with van der Waals surface area (Å²) in [6, 6.07) is 0.664.